The summed E-state index contributed by atoms with van der Waals surface area (Å²) in [5.41, 5.74) is -2.31. The number of aromatic nitrogens is 4. The molecule has 2 aliphatic rings. The van der Waals surface area contributed by atoms with Gasteiger partial charge in [-0.2, -0.15) is 27.6 Å². The second-order valence-corrected chi connectivity index (χ2v) is 11.4. The molecule has 0 aromatic carbocycles. The van der Waals surface area contributed by atoms with Crippen LogP contribution in [0.5, 0.6) is 5.88 Å². The lowest BCUT2D eigenvalue weighted by atomic mass is 9.68. The van der Waals surface area contributed by atoms with Crippen LogP contribution in [0.25, 0.3) is 0 Å². The molecule has 4 rings (SSSR count). The lowest BCUT2D eigenvalue weighted by Gasteiger charge is -2.44. The van der Waals surface area contributed by atoms with E-state index in [9.17, 15) is 34.8 Å². The summed E-state index contributed by atoms with van der Waals surface area (Å²) >= 11 is 0. The van der Waals surface area contributed by atoms with Crippen molar-refractivity contribution in [3.05, 3.63) is 24.2 Å². The quantitative estimate of drug-likeness (QED) is 0.536. The van der Waals surface area contributed by atoms with Crippen molar-refractivity contribution in [2.45, 2.75) is 55.4 Å². The highest BCUT2D eigenvalue weighted by Gasteiger charge is 2.54. The van der Waals surface area contributed by atoms with E-state index in [1.807, 2.05) is 0 Å². The summed E-state index contributed by atoms with van der Waals surface area (Å²) in [5, 5.41) is 6.41. The third-order valence-corrected chi connectivity index (χ3v) is 7.94. The SMILES string of the molecule is Cn1cc(S(=O)(=O)N2CCC(Nc3ncc(C(F)(F)F)c(OCC4(C)CC(F)(F)C4)n3)C(F)C2)cn1. The highest BCUT2D eigenvalue weighted by molar-refractivity contribution is 7.89. The second kappa shape index (κ2) is 9.04. The van der Waals surface area contributed by atoms with Gasteiger partial charge in [-0.25, -0.2) is 26.6 Å². The molecule has 1 saturated heterocycles. The molecule has 2 aromatic heterocycles. The zero-order valence-electron chi connectivity index (χ0n) is 19.3. The van der Waals surface area contributed by atoms with Crippen LogP contribution in [0.3, 0.4) is 0 Å². The fraction of sp³-hybridized carbons (Fsp3) is 0.650. The van der Waals surface area contributed by atoms with E-state index in [-0.39, 0.29) is 23.8 Å². The summed E-state index contributed by atoms with van der Waals surface area (Å²) in [4.78, 5) is 7.24. The van der Waals surface area contributed by atoms with Gasteiger partial charge in [0.1, 0.15) is 16.6 Å². The molecular formula is C20H24F6N6O3S. The van der Waals surface area contributed by atoms with Crippen molar-refractivity contribution in [3.8, 4) is 5.88 Å². The second-order valence-electron chi connectivity index (χ2n) is 9.49. The Kier molecular flexibility index (Phi) is 6.64. The van der Waals surface area contributed by atoms with E-state index in [2.05, 4.69) is 20.4 Å². The number of nitrogens with one attached hydrogen (secondary N) is 1. The van der Waals surface area contributed by atoms with Gasteiger partial charge in [0.05, 0.1) is 18.8 Å². The summed E-state index contributed by atoms with van der Waals surface area (Å²) in [6.45, 7) is 0.495. The van der Waals surface area contributed by atoms with Gasteiger partial charge in [0.15, 0.2) is 0 Å². The molecule has 3 heterocycles. The van der Waals surface area contributed by atoms with Gasteiger partial charge in [-0.05, 0) is 6.42 Å². The third-order valence-electron chi connectivity index (χ3n) is 6.12. The van der Waals surface area contributed by atoms with E-state index in [1.165, 1.54) is 24.9 Å². The number of hydrogen-bond acceptors (Lipinski definition) is 7. The maximum absolute atomic E-state index is 14.9. The zero-order chi connectivity index (χ0) is 26.5. The number of sulfonamides is 1. The van der Waals surface area contributed by atoms with Crippen molar-refractivity contribution in [2.24, 2.45) is 12.5 Å². The van der Waals surface area contributed by atoms with E-state index in [0.29, 0.717) is 6.20 Å². The minimum atomic E-state index is -4.87. The standard InChI is InChI=1S/C20H24F6N6O3S/c1-18(9-19(22,23)10-18)11-35-16-13(20(24,25)26)6-27-17(30-16)29-15-3-4-32(8-14(15)21)36(33,34)12-5-28-31(2)7-12/h5-7,14-15H,3-4,8-11H2,1-2H3,(H,27,29,30). The van der Waals surface area contributed by atoms with Gasteiger partial charge >= 0.3 is 6.18 Å². The summed E-state index contributed by atoms with van der Waals surface area (Å²) in [5.74, 6) is -4.11. The summed E-state index contributed by atoms with van der Waals surface area (Å²) < 4.78 is 114. The molecule has 0 amide bonds. The fourth-order valence-corrected chi connectivity index (χ4v) is 5.84. The number of nitrogens with zero attached hydrogens (tertiary/aromatic N) is 5. The fourth-order valence-electron chi connectivity index (χ4n) is 4.39. The molecule has 2 fully saturated rings. The Labute approximate surface area is 202 Å². The maximum Gasteiger partial charge on any atom is 0.423 e. The number of anilines is 1. The van der Waals surface area contributed by atoms with Gasteiger partial charge in [-0.15, -0.1) is 0 Å². The number of piperidine rings is 1. The van der Waals surface area contributed by atoms with Gasteiger partial charge in [-0.1, -0.05) is 6.92 Å². The van der Waals surface area contributed by atoms with Gasteiger partial charge in [0.25, 0.3) is 0 Å². The minimum Gasteiger partial charge on any atom is -0.477 e. The average molecular weight is 543 g/mol. The Bertz CT molecular complexity index is 1210. The van der Waals surface area contributed by atoms with Crippen LogP contribution in [0.1, 0.15) is 31.7 Å². The van der Waals surface area contributed by atoms with Crippen LogP contribution in [0, 0.1) is 5.41 Å². The first kappa shape index (κ1) is 26.4. The number of halogens is 6. The first-order valence-electron chi connectivity index (χ1n) is 10.9. The molecule has 2 aromatic rings. The normalized spacial score (nSPS) is 24.2. The van der Waals surface area contributed by atoms with Gasteiger partial charge in [0, 0.05) is 50.8 Å². The van der Waals surface area contributed by atoms with Crippen molar-refractivity contribution in [3.63, 3.8) is 0 Å². The molecule has 16 heteroatoms. The monoisotopic (exact) mass is 542 g/mol. The highest BCUT2D eigenvalue weighted by Crippen LogP contribution is 2.52. The predicted octanol–water partition coefficient (Wildman–Crippen LogP) is 3.26. The molecule has 1 aliphatic carbocycles. The number of ether oxygens (including phenoxy) is 1. The molecule has 9 nitrogen and oxygen atoms in total. The summed E-state index contributed by atoms with van der Waals surface area (Å²) in [6, 6.07) is -0.988. The Balaban J connectivity index is 1.45. The van der Waals surface area contributed by atoms with Gasteiger partial charge in [-0.3, -0.25) is 4.68 Å². The van der Waals surface area contributed by atoms with Crippen LogP contribution in [-0.4, -0.2) is 70.3 Å². The Hall–Kier alpha value is -2.62. The highest BCUT2D eigenvalue weighted by atomic mass is 32.2. The molecule has 200 valence electrons. The molecule has 1 saturated carbocycles. The van der Waals surface area contributed by atoms with Crippen LogP contribution in [0.2, 0.25) is 0 Å². The van der Waals surface area contributed by atoms with Crippen molar-refractivity contribution >= 4 is 16.0 Å². The average Bonchev–Trinajstić information content (AvgIpc) is 3.19. The van der Waals surface area contributed by atoms with Crippen LogP contribution >= 0.6 is 0 Å². The van der Waals surface area contributed by atoms with Crippen LogP contribution < -0.4 is 10.1 Å². The van der Waals surface area contributed by atoms with E-state index in [0.717, 1.165) is 10.5 Å². The molecule has 2 unspecified atom stereocenters. The summed E-state index contributed by atoms with van der Waals surface area (Å²) in [7, 11) is -2.43. The maximum atomic E-state index is 14.9. The largest absolute Gasteiger partial charge is 0.477 e. The first-order valence-corrected chi connectivity index (χ1v) is 12.4. The summed E-state index contributed by atoms with van der Waals surface area (Å²) in [6.07, 6.45) is -4.76. The predicted molar refractivity (Wildman–Crippen MR) is 114 cm³/mol. The lowest BCUT2D eigenvalue weighted by molar-refractivity contribution is -0.167. The van der Waals surface area contributed by atoms with Crippen molar-refractivity contribution in [1.82, 2.24) is 24.1 Å². The topological polar surface area (TPSA) is 102 Å². The molecular weight excluding hydrogens is 518 g/mol. The van der Waals surface area contributed by atoms with Crippen LogP contribution in [0.4, 0.5) is 32.3 Å². The Morgan fingerprint density at radius 3 is 2.50 bits per heavy atom. The van der Waals surface area contributed by atoms with E-state index < -0.39 is 77.2 Å². The number of alkyl halides is 6. The van der Waals surface area contributed by atoms with Crippen LogP contribution in [0.15, 0.2) is 23.5 Å². The van der Waals surface area contributed by atoms with Crippen molar-refractivity contribution < 1.29 is 39.5 Å². The first-order chi connectivity index (χ1) is 16.6. The van der Waals surface area contributed by atoms with E-state index in [1.54, 1.807) is 0 Å². The van der Waals surface area contributed by atoms with E-state index in [4.69, 9.17) is 4.74 Å². The zero-order valence-corrected chi connectivity index (χ0v) is 20.1. The molecule has 0 radical (unpaired) electrons. The van der Waals surface area contributed by atoms with E-state index >= 15 is 0 Å². The van der Waals surface area contributed by atoms with Gasteiger partial charge < -0.3 is 10.1 Å². The number of rotatable bonds is 7. The number of aryl methyl sites for hydroxylation is 1. The lowest BCUT2D eigenvalue weighted by Crippen LogP contribution is -2.50. The molecule has 1 aliphatic heterocycles. The molecule has 0 spiro atoms. The van der Waals surface area contributed by atoms with Gasteiger partial charge in [0.2, 0.25) is 27.8 Å². The molecule has 2 atom stereocenters. The number of hydrogen-bond donors (Lipinski definition) is 1. The minimum absolute atomic E-state index is 0.0195. The third kappa shape index (κ3) is 5.53. The van der Waals surface area contributed by atoms with Crippen molar-refractivity contribution in [2.75, 3.05) is 25.0 Å². The molecule has 1 N–H and O–H groups in total. The van der Waals surface area contributed by atoms with Crippen LogP contribution in [-0.2, 0) is 23.2 Å². The van der Waals surface area contributed by atoms with Crippen molar-refractivity contribution in [1.29, 1.82) is 0 Å². The smallest absolute Gasteiger partial charge is 0.423 e. The molecule has 0 bridgehead atoms. The Morgan fingerprint density at radius 1 is 1.25 bits per heavy atom. The Morgan fingerprint density at radius 2 is 1.94 bits per heavy atom. The molecule has 36 heavy (non-hydrogen) atoms.